The molecule has 2 aromatic carbocycles. The molecule has 4 aromatic rings. The number of anilines is 1. The Morgan fingerprint density at radius 2 is 2.04 bits per heavy atom. The number of hydrazone groups is 1. The van der Waals surface area contributed by atoms with E-state index in [1.807, 2.05) is 37.3 Å². The third-order valence-corrected chi connectivity index (χ3v) is 4.14. The van der Waals surface area contributed by atoms with Crippen LogP contribution in [0.15, 0.2) is 41.5 Å². The van der Waals surface area contributed by atoms with Gasteiger partial charge in [0.25, 0.3) is 5.95 Å². The van der Waals surface area contributed by atoms with Crippen molar-refractivity contribution in [3.8, 4) is 11.5 Å². The molecule has 0 saturated carbocycles. The van der Waals surface area contributed by atoms with Gasteiger partial charge in [-0.25, -0.2) is 5.43 Å². The molecule has 0 saturated heterocycles. The van der Waals surface area contributed by atoms with Crippen LogP contribution in [0.2, 0.25) is 0 Å². The van der Waals surface area contributed by atoms with E-state index in [-0.39, 0.29) is 6.79 Å². The first kappa shape index (κ1) is 14.6. The quantitative estimate of drug-likeness (QED) is 0.437. The maximum Gasteiger partial charge on any atom is 0.265 e. The van der Waals surface area contributed by atoms with E-state index < -0.39 is 0 Å². The second-order valence-corrected chi connectivity index (χ2v) is 5.99. The maximum absolute atomic E-state index is 5.35. The summed E-state index contributed by atoms with van der Waals surface area (Å²) in [5.74, 6) is 1.77. The van der Waals surface area contributed by atoms with Gasteiger partial charge in [0.05, 0.1) is 6.21 Å². The van der Waals surface area contributed by atoms with Crippen LogP contribution in [0, 0.1) is 6.92 Å². The van der Waals surface area contributed by atoms with Crippen LogP contribution in [-0.4, -0.2) is 33.2 Å². The van der Waals surface area contributed by atoms with Crippen molar-refractivity contribution in [2.45, 2.75) is 6.92 Å². The SMILES string of the molecule is Cc1ccc2[nH]c3nc(NN=Cc4ccc5c(c4)OCO5)nnc3c2c1. The predicted octanol–water partition coefficient (Wildman–Crippen LogP) is 2.99. The Morgan fingerprint density at radius 3 is 3.00 bits per heavy atom. The van der Waals surface area contributed by atoms with Crippen LogP contribution in [-0.2, 0) is 0 Å². The van der Waals surface area contributed by atoms with Gasteiger partial charge in [-0.1, -0.05) is 11.6 Å². The van der Waals surface area contributed by atoms with E-state index in [0.29, 0.717) is 17.3 Å². The molecule has 8 heteroatoms. The third-order valence-electron chi connectivity index (χ3n) is 4.14. The number of hydrogen-bond donors (Lipinski definition) is 2. The van der Waals surface area contributed by atoms with Crippen LogP contribution in [0.3, 0.4) is 0 Å². The second-order valence-electron chi connectivity index (χ2n) is 5.99. The highest BCUT2D eigenvalue weighted by molar-refractivity contribution is 6.03. The Bertz CT molecular complexity index is 1170. The zero-order valence-electron chi connectivity index (χ0n) is 13.9. The molecule has 0 amide bonds. The summed E-state index contributed by atoms with van der Waals surface area (Å²) in [6.45, 7) is 2.29. The second kappa shape index (κ2) is 5.69. The van der Waals surface area contributed by atoms with Crippen molar-refractivity contribution < 1.29 is 9.47 Å². The standard InChI is InChI=1S/C18H14N6O2/c1-10-2-4-13-12(6-10)16-17(20-13)21-18(24-22-16)23-19-8-11-3-5-14-15(7-11)26-9-25-14/h2-8H,9H2,1H3,(H2,20,21,23,24). The molecule has 2 aromatic heterocycles. The lowest BCUT2D eigenvalue weighted by molar-refractivity contribution is 0.174. The lowest BCUT2D eigenvalue weighted by Gasteiger charge is -1.99. The normalized spacial score (nSPS) is 13.1. The molecule has 0 atom stereocenters. The minimum absolute atomic E-state index is 0.248. The fourth-order valence-corrected chi connectivity index (χ4v) is 2.89. The molecule has 3 heterocycles. The van der Waals surface area contributed by atoms with Crippen molar-refractivity contribution in [2.75, 3.05) is 12.2 Å². The lowest BCUT2D eigenvalue weighted by Crippen LogP contribution is -1.99. The van der Waals surface area contributed by atoms with Gasteiger partial charge >= 0.3 is 0 Å². The Balaban J connectivity index is 1.40. The van der Waals surface area contributed by atoms with Crippen molar-refractivity contribution in [3.05, 3.63) is 47.5 Å². The molecule has 8 nitrogen and oxygen atoms in total. The fourth-order valence-electron chi connectivity index (χ4n) is 2.89. The molecule has 0 bridgehead atoms. The summed E-state index contributed by atoms with van der Waals surface area (Å²) in [6, 6.07) is 11.7. The lowest BCUT2D eigenvalue weighted by atomic mass is 10.2. The van der Waals surface area contributed by atoms with Crippen molar-refractivity contribution in [3.63, 3.8) is 0 Å². The number of rotatable bonds is 3. The molecule has 0 unspecified atom stereocenters. The van der Waals surface area contributed by atoms with E-state index >= 15 is 0 Å². The van der Waals surface area contributed by atoms with Gasteiger partial charge in [0.2, 0.25) is 6.79 Å². The number of aromatic amines is 1. The summed E-state index contributed by atoms with van der Waals surface area (Å²) in [5.41, 5.74) is 7.23. The Labute approximate surface area is 147 Å². The number of hydrogen-bond acceptors (Lipinski definition) is 7. The summed E-state index contributed by atoms with van der Waals surface area (Å²) in [5, 5.41) is 13.5. The van der Waals surface area contributed by atoms with Crippen molar-refractivity contribution in [2.24, 2.45) is 5.10 Å². The van der Waals surface area contributed by atoms with E-state index in [4.69, 9.17) is 9.47 Å². The fraction of sp³-hybridized carbons (Fsp3) is 0.111. The summed E-state index contributed by atoms with van der Waals surface area (Å²) in [6.07, 6.45) is 1.66. The number of aryl methyl sites for hydroxylation is 1. The van der Waals surface area contributed by atoms with E-state index in [9.17, 15) is 0 Å². The monoisotopic (exact) mass is 346 g/mol. The summed E-state index contributed by atoms with van der Waals surface area (Å²) < 4.78 is 10.6. The van der Waals surface area contributed by atoms with Gasteiger partial charge in [-0.05, 0) is 42.8 Å². The number of nitrogens with zero attached hydrogens (tertiary/aromatic N) is 4. The van der Waals surface area contributed by atoms with Crippen LogP contribution < -0.4 is 14.9 Å². The highest BCUT2D eigenvalue weighted by Crippen LogP contribution is 2.32. The van der Waals surface area contributed by atoms with Crippen molar-refractivity contribution >= 4 is 34.2 Å². The third kappa shape index (κ3) is 2.48. The number of ether oxygens (including phenoxy) is 2. The summed E-state index contributed by atoms with van der Waals surface area (Å²) in [4.78, 5) is 7.68. The molecular weight excluding hydrogens is 332 g/mol. The van der Waals surface area contributed by atoms with E-state index in [0.717, 1.165) is 33.3 Å². The number of H-pyrrole nitrogens is 1. The zero-order chi connectivity index (χ0) is 17.5. The van der Waals surface area contributed by atoms with Crippen LogP contribution in [0.1, 0.15) is 11.1 Å². The first-order chi connectivity index (χ1) is 12.8. The van der Waals surface area contributed by atoms with Gasteiger partial charge in [-0.3, -0.25) is 0 Å². The molecule has 0 radical (unpaired) electrons. The predicted molar refractivity (Wildman–Crippen MR) is 97.7 cm³/mol. The van der Waals surface area contributed by atoms with Crippen LogP contribution in [0.5, 0.6) is 11.5 Å². The van der Waals surface area contributed by atoms with Gasteiger partial charge in [-0.15, -0.1) is 10.2 Å². The molecular formula is C18H14N6O2. The molecule has 5 rings (SSSR count). The van der Waals surface area contributed by atoms with E-state index in [2.05, 4.69) is 36.8 Å². The molecule has 1 aliphatic heterocycles. The van der Waals surface area contributed by atoms with Crippen molar-refractivity contribution in [1.29, 1.82) is 0 Å². The largest absolute Gasteiger partial charge is 0.454 e. The Kier molecular flexibility index (Phi) is 3.21. The average molecular weight is 346 g/mol. The summed E-state index contributed by atoms with van der Waals surface area (Å²) >= 11 is 0. The van der Waals surface area contributed by atoms with Crippen LogP contribution in [0.25, 0.3) is 22.1 Å². The Hall–Kier alpha value is -3.68. The molecule has 0 spiro atoms. The van der Waals surface area contributed by atoms with Gasteiger partial charge in [-0.2, -0.15) is 10.1 Å². The van der Waals surface area contributed by atoms with E-state index in [1.54, 1.807) is 6.21 Å². The smallest absolute Gasteiger partial charge is 0.265 e. The van der Waals surface area contributed by atoms with Crippen molar-refractivity contribution in [1.82, 2.24) is 20.2 Å². The first-order valence-corrected chi connectivity index (χ1v) is 8.08. The highest BCUT2D eigenvalue weighted by atomic mass is 16.7. The molecule has 0 aliphatic carbocycles. The molecule has 26 heavy (non-hydrogen) atoms. The molecule has 128 valence electrons. The van der Waals surface area contributed by atoms with Crippen LogP contribution in [0.4, 0.5) is 5.95 Å². The number of aromatic nitrogens is 4. The Morgan fingerprint density at radius 1 is 1.12 bits per heavy atom. The first-order valence-electron chi connectivity index (χ1n) is 8.08. The topological polar surface area (TPSA) is 97.3 Å². The average Bonchev–Trinajstić information content (AvgIpc) is 3.25. The number of fused-ring (bicyclic) bond motifs is 4. The van der Waals surface area contributed by atoms with Gasteiger partial charge in [0, 0.05) is 10.9 Å². The number of nitrogens with one attached hydrogen (secondary N) is 2. The maximum atomic E-state index is 5.35. The zero-order valence-corrected chi connectivity index (χ0v) is 13.9. The minimum atomic E-state index is 0.248. The minimum Gasteiger partial charge on any atom is -0.454 e. The molecule has 2 N–H and O–H groups in total. The van der Waals surface area contributed by atoms with Gasteiger partial charge in [0.15, 0.2) is 17.1 Å². The molecule has 1 aliphatic rings. The van der Waals surface area contributed by atoms with Gasteiger partial charge < -0.3 is 14.5 Å². The summed E-state index contributed by atoms with van der Waals surface area (Å²) in [7, 11) is 0. The molecule has 0 fully saturated rings. The number of benzene rings is 2. The van der Waals surface area contributed by atoms with Gasteiger partial charge in [0.1, 0.15) is 5.52 Å². The van der Waals surface area contributed by atoms with E-state index in [1.165, 1.54) is 0 Å². The van der Waals surface area contributed by atoms with Crippen LogP contribution >= 0.6 is 0 Å². The highest BCUT2D eigenvalue weighted by Gasteiger charge is 2.12.